The van der Waals surface area contributed by atoms with Gasteiger partial charge in [0.1, 0.15) is 30.0 Å². The number of halogens is 1. The average Bonchev–Trinajstić information content (AvgIpc) is 3.13. The number of aliphatic hydroxyl groups is 1. The Bertz CT molecular complexity index is 803. The third kappa shape index (κ3) is 6.27. The van der Waals surface area contributed by atoms with Crippen LogP contribution in [0.25, 0.3) is 6.08 Å². The van der Waals surface area contributed by atoms with E-state index in [1.165, 1.54) is 12.1 Å². The fourth-order valence-electron chi connectivity index (χ4n) is 3.35. The highest BCUT2D eigenvalue weighted by atomic mass is 19.1. The van der Waals surface area contributed by atoms with Gasteiger partial charge in [0, 0.05) is 38.8 Å². The van der Waals surface area contributed by atoms with E-state index >= 15 is 0 Å². The van der Waals surface area contributed by atoms with E-state index in [0.717, 1.165) is 56.1 Å². The van der Waals surface area contributed by atoms with Crippen molar-refractivity contribution in [1.29, 1.82) is 0 Å². The number of anilines is 1. The molecule has 7 nitrogen and oxygen atoms in total. The van der Waals surface area contributed by atoms with Gasteiger partial charge >= 0.3 is 0 Å². The molecule has 0 saturated carbocycles. The molecule has 2 heterocycles. The standard InChI is InChI=1S/C21H29FN4O3/c1-3-4-5-6-17-11-18(22)13-20(12-17)28-15-19(27)14-25-7-9-26(10-8-25)21-16(2)23-29-24-21/h5-6,11-13,19,27H,3-4,7-10,14-15H2,1-2H3/b6-5+. The highest BCUT2D eigenvalue weighted by Crippen LogP contribution is 2.19. The van der Waals surface area contributed by atoms with E-state index in [1.54, 1.807) is 6.07 Å². The number of β-amino-alcohol motifs (C(OH)–C–C–N with tert-alkyl or cyclic N) is 1. The zero-order valence-electron chi connectivity index (χ0n) is 17.1. The summed E-state index contributed by atoms with van der Waals surface area (Å²) in [5.74, 6) is 0.865. The van der Waals surface area contributed by atoms with Gasteiger partial charge in [0.2, 0.25) is 0 Å². The Morgan fingerprint density at radius 1 is 1.24 bits per heavy atom. The molecule has 158 valence electrons. The number of piperazine rings is 1. The smallest absolute Gasteiger partial charge is 0.196 e. The van der Waals surface area contributed by atoms with Gasteiger partial charge in [-0.05, 0) is 36.2 Å². The number of aliphatic hydroxyl groups excluding tert-OH is 1. The number of benzene rings is 1. The summed E-state index contributed by atoms with van der Waals surface area (Å²) < 4.78 is 24.2. The predicted molar refractivity (Wildman–Crippen MR) is 110 cm³/mol. The Morgan fingerprint density at radius 2 is 2.03 bits per heavy atom. The molecule has 0 spiro atoms. The molecule has 3 rings (SSSR count). The number of allylic oxidation sites excluding steroid dienone is 1. The molecule has 8 heteroatoms. The van der Waals surface area contributed by atoms with E-state index in [0.29, 0.717) is 12.3 Å². The first kappa shape index (κ1) is 21.3. The fraction of sp³-hybridized carbons (Fsp3) is 0.524. The summed E-state index contributed by atoms with van der Waals surface area (Å²) in [4.78, 5) is 4.31. The third-order valence-corrected chi connectivity index (χ3v) is 4.87. The molecule has 1 fully saturated rings. The van der Waals surface area contributed by atoms with Crippen molar-refractivity contribution in [3.63, 3.8) is 0 Å². The summed E-state index contributed by atoms with van der Waals surface area (Å²) in [6.45, 7) is 7.77. The highest BCUT2D eigenvalue weighted by molar-refractivity contribution is 5.52. The lowest BCUT2D eigenvalue weighted by Gasteiger charge is -2.35. The van der Waals surface area contributed by atoms with Crippen LogP contribution >= 0.6 is 0 Å². The summed E-state index contributed by atoms with van der Waals surface area (Å²) in [7, 11) is 0. The predicted octanol–water partition coefficient (Wildman–Crippen LogP) is 2.89. The van der Waals surface area contributed by atoms with Crippen molar-refractivity contribution in [3.8, 4) is 5.75 Å². The maximum absolute atomic E-state index is 13.8. The van der Waals surface area contributed by atoms with Gasteiger partial charge in [0.15, 0.2) is 5.82 Å². The topological polar surface area (TPSA) is 74.9 Å². The number of ether oxygens (including phenoxy) is 1. The van der Waals surface area contributed by atoms with Crippen LogP contribution in [0, 0.1) is 12.7 Å². The molecule has 1 aliphatic rings. The molecule has 1 aromatic heterocycles. The zero-order chi connectivity index (χ0) is 20.6. The quantitative estimate of drug-likeness (QED) is 0.689. The van der Waals surface area contributed by atoms with Crippen LogP contribution in [-0.2, 0) is 0 Å². The Labute approximate surface area is 170 Å². The monoisotopic (exact) mass is 404 g/mol. The zero-order valence-corrected chi connectivity index (χ0v) is 17.1. The average molecular weight is 404 g/mol. The number of hydrogen-bond acceptors (Lipinski definition) is 7. The van der Waals surface area contributed by atoms with Crippen molar-refractivity contribution >= 4 is 11.9 Å². The van der Waals surface area contributed by atoms with Crippen LogP contribution in [0.3, 0.4) is 0 Å². The van der Waals surface area contributed by atoms with Crippen molar-refractivity contribution in [3.05, 3.63) is 41.3 Å². The summed E-state index contributed by atoms with van der Waals surface area (Å²) in [5, 5.41) is 18.1. The van der Waals surface area contributed by atoms with Crippen molar-refractivity contribution in [2.24, 2.45) is 0 Å². The van der Waals surface area contributed by atoms with Crippen LogP contribution in [0.1, 0.15) is 31.0 Å². The van der Waals surface area contributed by atoms with Gasteiger partial charge in [-0.1, -0.05) is 30.7 Å². The minimum Gasteiger partial charge on any atom is -0.491 e. The molecule has 1 N–H and O–H groups in total. The molecular formula is C21H29FN4O3. The minimum atomic E-state index is -0.653. The highest BCUT2D eigenvalue weighted by Gasteiger charge is 2.23. The molecule has 1 atom stereocenters. The van der Waals surface area contributed by atoms with Crippen molar-refractivity contribution < 1.29 is 18.9 Å². The Hall–Kier alpha value is -2.45. The number of unbranched alkanes of at least 4 members (excludes halogenated alkanes) is 1. The summed E-state index contributed by atoms with van der Waals surface area (Å²) in [6, 6.07) is 4.60. The maximum Gasteiger partial charge on any atom is 0.196 e. The fourth-order valence-corrected chi connectivity index (χ4v) is 3.35. The molecule has 1 saturated heterocycles. The van der Waals surface area contributed by atoms with Gasteiger partial charge < -0.3 is 14.7 Å². The first-order valence-corrected chi connectivity index (χ1v) is 10.1. The molecule has 0 amide bonds. The van der Waals surface area contributed by atoms with Crippen LogP contribution in [-0.4, -0.2) is 65.8 Å². The summed E-state index contributed by atoms with van der Waals surface area (Å²) in [5.41, 5.74) is 1.54. The third-order valence-electron chi connectivity index (χ3n) is 4.87. The molecule has 1 aromatic carbocycles. The van der Waals surface area contributed by atoms with Gasteiger partial charge in [-0.2, -0.15) is 0 Å². The largest absolute Gasteiger partial charge is 0.491 e. The van der Waals surface area contributed by atoms with E-state index in [1.807, 2.05) is 19.1 Å². The van der Waals surface area contributed by atoms with E-state index < -0.39 is 6.10 Å². The summed E-state index contributed by atoms with van der Waals surface area (Å²) in [6.07, 6.45) is 5.25. The van der Waals surface area contributed by atoms with Crippen molar-refractivity contribution in [1.82, 2.24) is 15.2 Å². The van der Waals surface area contributed by atoms with Gasteiger partial charge in [0.25, 0.3) is 0 Å². The van der Waals surface area contributed by atoms with E-state index in [4.69, 9.17) is 9.37 Å². The summed E-state index contributed by atoms with van der Waals surface area (Å²) >= 11 is 0. The van der Waals surface area contributed by atoms with Crippen LogP contribution in [0.15, 0.2) is 28.9 Å². The normalized spacial score (nSPS) is 16.5. The lowest BCUT2D eigenvalue weighted by Crippen LogP contribution is -2.49. The van der Waals surface area contributed by atoms with Gasteiger partial charge in [-0.15, -0.1) is 0 Å². The minimum absolute atomic E-state index is 0.119. The Balaban J connectivity index is 1.44. The number of rotatable bonds is 9. The second-order valence-corrected chi connectivity index (χ2v) is 7.34. The molecule has 29 heavy (non-hydrogen) atoms. The number of hydrogen-bond donors (Lipinski definition) is 1. The van der Waals surface area contributed by atoms with E-state index in [2.05, 4.69) is 27.0 Å². The van der Waals surface area contributed by atoms with Gasteiger partial charge in [-0.3, -0.25) is 4.90 Å². The molecule has 0 bridgehead atoms. The maximum atomic E-state index is 13.8. The van der Waals surface area contributed by atoms with Crippen LogP contribution < -0.4 is 9.64 Å². The van der Waals surface area contributed by atoms with Gasteiger partial charge in [0.05, 0.1) is 0 Å². The van der Waals surface area contributed by atoms with Crippen molar-refractivity contribution in [2.75, 3.05) is 44.2 Å². The Morgan fingerprint density at radius 3 is 2.72 bits per heavy atom. The van der Waals surface area contributed by atoms with Crippen LogP contribution in [0.5, 0.6) is 5.75 Å². The first-order chi connectivity index (χ1) is 14.0. The molecule has 1 unspecified atom stereocenters. The van der Waals surface area contributed by atoms with Crippen LogP contribution in [0.4, 0.5) is 10.2 Å². The molecule has 1 aliphatic heterocycles. The molecular weight excluding hydrogens is 375 g/mol. The van der Waals surface area contributed by atoms with E-state index in [-0.39, 0.29) is 12.4 Å². The molecule has 2 aromatic rings. The molecule has 0 aliphatic carbocycles. The number of aromatic nitrogens is 2. The van der Waals surface area contributed by atoms with E-state index in [9.17, 15) is 9.50 Å². The lowest BCUT2D eigenvalue weighted by molar-refractivity contribution is 0.0661. The second-order valence-electron chi connectivity index (χ2n) is 7.34. The van der Waals surface area contributed by atoms with Gasteiger partial charge in [-0.25, -0.2) is 9.02 Å². The number of aryl methyl sites for hydroxylation is 1. The number of nitrogens with zero attached hydrogens (tertiary/aromatic N) is 4. The SMILES string of the molecule is CCC/C=C/c1cc(F)cc(OCC(O)CN2CCN(c3nonc3C)CC2)c1. The Kier molecular flexibility index (Phi) is 7.60. The van der Waals surface area contributed by atoms with Crippen molar-refractivity contribution in [2.45, 2.75) is 32.8 Å². The lowest BCUT2D eigenvalue weighted by atomic mass is 10.1. The second kappa shape index (κ2) is 10.4. The van der Waals surface area contributed by atoms with Crippen LogP contribution in [0.2, 0.25) is 0 Å². The first-order valence-electron chi connectivity index (χ1n) is 10.1. The molecule has 0 radical (unpaired) electrons.